The number of hydrogen-bond donors (Lipinski definition) is 2. The van der Waals surface area contributed by atoms with Gasteiger partial charge < -0.3 is 5.32 Å². The van der Waals surface area contributed by atoms with Gasteiger partial charge in [0, 0.05) is 24.1 Å². The third kappa shape index (κ3) is 10.5. The standard InChI is InChI=1S/C13H23NOS.C2H6/c1-6-8-12(3,4)9-13(5,16)10-14-11(15)7-2;1-2/h1,16H,7-10H2,2-5H3,(H,14,15);1-2H3. The third-order valence-electron chi connectivity index (χ3n) is 2.43. The second-order valence-corrected chi connectivity index (χ2v) is 6.43. The maximum absolute atomic E-state index is 11.2. The van der Waals surface area contributed by atoms with Gasteiger partial charge in [-0.05, 0) is 18.8 Å². The number of carbonyl (C=O) groups excluding carboxylic acids is 1. The summed E-state index contributed by atoms with van der Waals surface area (Å²) in [5.74, 6) is 2.75. The van der Waals surface area contributed by atoms with Crippen LogP contribution in [0.3, 0.4) is 0 Å². The molecule has 2 nitrogen and oxygen atoms in total. The predicted octanol–water partition coefficient (Wildman–Crippen LogP) is 3.67. The Kier molecular flexibility index (Phi) is 10.2. The van der Waals surface area contributed by atoms with Crippen LogP contribution in [0.5, 0.6) is 0 Å². The third-order valence-corrected chi connectivity index (χ3v) is 2.74. The molecule has 0 rings (SSSR count). The van der Waals surface area contributed by atoms with E-state index in [1.807, 2.05) is 27.7 Å². The Labute approximate surface area is 119 Å². The van der Waals surface area contributed by atoms with E-state index < -0.39 is 0 Å². The lowest BCUT2D eigenvalue weighted by Gasteiger charge is -2.33. The van der Waals surface area contributed by atoms with Gasteiger partial charge in [-0.3, -0.25) is 4.79 Å². The lowest BCUT2D eigenvalue weighted by atomic mass is 9.80. The minimum absolute atomic E-state index is 0.0577. The summed E-state index contributed by atoms with van der Waals surface area (Å²) in [6.07, 6.45) is 7.44. The summed E-state index contributed by atoms with van der Waals surface area (Å²) in [6.45, 7) is 12.7. The minimum atomic E-state index is -0.217. The van der Waals surface area contributed by atoms with Crippen molar-refractivity contribution >= 4 is 18.5 Å². The Morgan fingerprint density at radius 1 is 1.33 bits per heavy atom. The molecule has 18 heavy (non-hydrogen) atoms. The van der Waals surface area contributed by atoms with Crippen molar-refractivity contribution in [3.05, 3.63) is 0 Å². The van der Waals surface area contributed by atoms with Crippen LogP contribution in [0.25, 0.3) is 0 Å². The molecular weight excluding hydrogens is 242 g/mol. The van der Waals surface area contributed by atoms with Gasteiger partial charge in [-0.2, -0.15) is 12.6 Å². The molecular formula is C15H29NOS. The zero-order valence-electron chi connectivity index (χ0n) is 12.8. The number of carbonyl (C=O) groups is 1. The molecule has 0 saturated carbocycles. The molecule has 0 bridgehead atoms. The lowest BCUT2D eigenvalue weighted by Crippen LogP contribution is -2.39. The molecule has 1 amide bonds. The van der Waals surface area contributed by atoms with Crippen LogP contribution in [0.15, 0.2) is 0 Å². The fourth-order valence-corrected chi connectivity index (χ4v) is 2.35. The molecule has 0 aromatic rings. The van der Waals surface area contributed by atoms with Gasteiger partial charge in [0.1, 0.15) is 0 Å². The molecule has 3 heteroatoms. The smallest absolute Gasteiger partial charge is 0.219 e. The molecule has 0 aliphatic rings. The van der Waals surface area contributed by atoms with Crippen LogP contribution < -0.4 is 5.32 Å². The van der Waals surface area contributed by atoms with Gasteiger partial charge >= 0.3 is 0 Å². The summed E-state index contributed by atoms with van der Waals surface area (Å²) in [5, 5.41) is 2.87. The normalized spacial score (nSPS) is 13.7. The Bertz CT molecular complexity index is 277. The van der Waals surface area contributed by atoms with E-state index in [0.717, 1.165) is 12.8 Å². The van der Waals surface area contributed by atoms with Crippen molar-refractivity contribution in [2.45, 2.75) is 65.6 Å². The molecule has 0 saturated heterocycles. The van der Waals surface area contributed by atoms with Gasteiger partial charge in [-0.1, -0.05) is 34.6 Å². The van der Waals surface area contributed by atoms with Gasteiger partial charge in [0.25, 0.3) is 0 Å². The van der Waals surface area contributed by atoms with E-state index >= 15 is 0 Å². The highest BCUT2D eigenvalue weighted by Gasteiger charge is 2.29. The molecule has 0 fully saturated rings. The molecule has 0 aliphatic heterocycles. The number of hydrogen-bond acceptors (Lipinski definition) is 2. The summed E-state index contributed by atoms with van der Waals surface area (Å²) in [4.78, 5) is 11.2. The van der Waals surface area contributed by atoms with E-state index in [0.29, 0.717) is 13.0 Å². The average Bonchev–Trinajstić information content (AvgIpc) is 2.27. The molecule has 1 atom stereocenters. The first kappa shape index (κ1) is 19.7. The summed E-state index contributed by atoms with van der Waals surface area (Å²) in [5.41, 5.74) is 0.0577. The Balaban J connectivity index is 0. The number of thiol groups is 1. The molecule has 0 aliphatic carbocycles. The number of rotatable bonds is 6. The Hall–Kier alpha value is -0.620. The zero-order chi connectivity index (χ0) is 14.8. The van der Waals surface area contributed by atoms with Crippen molar-refractivity contribution in [2.75, 3.05) is 6.54 Å². The number of amides is 1. The summed E-state index contributed by atoms with van der Waals surface area (Å²) >= 11 is 4.60. The van der Waals surface area contributed by atoms with E-state index in [1.54, 1.807) is 0 Å². The highest BCUT2D eigenvalue weighted by atomic mass is 32.1. The van der Waals surface area contributed by atoms with Crippen molar-refractivity contribution in [1.29, 1.82) is 0 Å². The fraction of sp³-hybridized carbons (Fsp3) is 0.800. The highest BCUT2D eigenvalue weighted by Crippen LogP contribution is 2.34. The maximum Gasteiger partial charge on any atom is 0.219 e. The summed E-state index contributed by atoms with van der Waals surface area (Å²) in [6, 6.07) is 0. The topological polar surface area (TPSA) is 29.1 Å². The van der Waals surface area contributed by atoms with E-state index in [4.69, 9.17) is 6.42 Å². The quantitative estimate of drug-likeness (QED) is 0.560. The molecule has 0 aromatic carbocycles. The predicted molar refractivity (Wildman–Crippen MR) is 83.9 cm³/mol. The lowest BCUT2D eigenvalue weighted by molar-refractivity contribution is -0.120. The molecule has 0 aromatic heterocycles. The Morgan fingerprint density at radius 2 is 1.83 bits per heavy atom. The van der Waals surface area contributed by atoms with Crippen LogP contribution in [0.2, 0.25) is 0 Å². The molecule has 0 spiro atoms. The molecule has 1 unspecified atom stereocenters. The van der Waals surface area contributed by atoms with Crippen LogP contribution >= 0.6 is 12.6 Å². The molecule has 0 heterocycles. The SMILES string of the molecule is C#CCC(C)(C)CC(C)(S)CNC(=O)CC.CC. The van der Waals surface area contributed by atoms with Crippen LogP contribution in [0.4, 0.5) is 0 Å². The van der Waals surface area contributed by atoms with E-state index in [9.17, 15) is 4.79 Å². The van der Waals surface area contributed by atoms with Crippen LogP contribution in [-0.2, 0) is 4.79 Å². The average molecular weight is 271 g/mol. The first-order valence-corrected chi connectivity index (χ1v) is 7.10. The van der Waals surface area contributed by atoms with Gasteiger partial charge in [-0.25, -0.2) is 0 Å². The number of nitrogens with one attached hydrogen (secondary N) is 1. The summed E-state index contributed by atoms with van der Waals surface area (Å²) < 4.78 is -0.217. The Morgan fingerprint density at radius 3 is 2.22 bits per heavy atom. The second kappa shape index (κ2) is 9.33. The van der Waals surface area contributed by atoms with E-state index in [-0.39, 0.29) is 16.1 Å². The monoisotopic (exact) mass is 271 g/mol. The van der Waals surface area contributed by atoms with Crippen molar-refractivity contribution < 1.29 is 4.79 Å². The van der Waals surface area contributed by atoms with Gasteiger partial charge in [0.15, 0.2) is 0 Å². The number of terminal acetylenes is 1. The zero-order valence-corrected chi connectivity index (χ0v) is 13.7. The largest absolute Gasteiger partial charge is 0.355 e. The van der Waals surface area contributed by atoms with E-state index in [1.165, 1.54) is 0 Å². The van der Waals surface area contributed by atoms with Gasteiger partial charge in [0.05, 0.1) is 0 Å². The van der Waals surface area contributed by atoms with Crippen LogP contribution in [0, 0.1) is 17.8 Å². The molecule has 0 radical (unpaired) electrons. The minimum Gasteiger partial charge on any atom is -0.355 e. The highest BCUT2D eigenvalue weighted by molar-refractivity contribution is 7.81. The van der Waals surface area contributed by atoms with Crippen LogP contribution in [-0.4, -0.2) is 17.2 Å². The van der Waals surface area contributed by atoms with Crippen molar-refractivity contribution in [2.24, 2.45) is 5.41 Å². The fourth-order valence-electron chi connectivity index (χ4n) is 1.85. The second-order valence-electron chi connectivity index (χ2n) is 5.35. The maximum atomic E-state index is 11.2. The molecule has 1 N–H and O–H groups in total. The van der Waals surface area contributed by atoms with E-state index in [2.05, 4.69) is 37.7 Å². The molecule has 106 valence electrons. The van der Waals surface area contributed by atoms with Gasteiger partial charge in [-0.15, -0.1) is 12.3 Å². The first-order valence-electron chi connectivity index (χ1n) is 6.65. The first-order chi connectivity index (χ1) is 8.22. The van der Waals surface area contributed by atoms with Crippen molar-refractivity contribution in [3.8, 4) is 12.3 Å². The van der Waals surface area contributed by atoms with Gasteiger partial charge in [0.2, 0.25) is 5.91 Å². The van der Waals surface area contributed by atoms with Crippen LogP contribution in [0.1, 0.15) is 60.8 Å². The van der Waals surface area contributed by atoms with Crippen molar-refractivity contribution in [3.63, 3.8) is 0 Å². The summed E-state index contributed by atoms with van der Waals surface area (Å²) in [7, 11) is 0. The van der Waals surface area contributed by atoms with Crippen molar-refractivity contribution in [1.82, 2.24) is 5.32 Å².